The van der Waals surface area contributed by atoms with E-state index in [1.807, 2.05) is 69.3 Å². The summed E-state index contributed by atoms with van der Waals surface area (Å²) in [6.45, 7) is 7.67. The number of aromatic nitrogens is 1. The fraction of sp³-hybridized carbons (Fsp3) is 0.458. The molecular weight excluding hydrogens is 394 g/mol. The zero-order chi connectivity index (χ0) is 22.1. The van der Waals surface area contributed by atoms with Crippen LogP contribution in [0, 0.1) is 0 Å². The normalized spacial score (nSPS) is 15.6. The zero-order valence-electron chi connectivity index (χ0n) is 18.5. The fourth-order valence-corrected chi connectivity index (χ4v) is 3.24. The molecule has 166 valence electrons. The van der Waals surface area contributed by atoms with Gasteiger partial charge >= 0.3 is 6.09 Å². The van der Waals surface area contributed by atoms with Gasteiger partial charge in [-0.2, -0.15) is 0 Å². The minimum absolute atomic E-state index is 0.107. The van der Waals surface area contributed by atoms with Crippen LogP contribution in [-0.2, 0) is 14.3 Å². The smallest absolute Gasteiger partial charge is 0.410 e. The average Bonchev–Trinajstić information content (AvgIpc) is 2.76. The second kappa shape index (κ2) is 10.9. The molecule has 0 N–H and O–H groups in total. The zero-order valence-corrected chi connectivity index (χ0v) is 18.5. The summed E-state index contributed by atoms with van der Waals surface area (Å²) in [4.78, 5) is 23.8. The Kier molecular flexibility index (Phi) is 8.00. The summed E-state index contributed by atoms with van der Waals surface area (Å²) in [5, 5.41) is 4.32. The molecule has 3 rings (SSSR count). The van der Waals surface area contributed by atoms with Gasteiger partial charge in [-0.15, -0.1) is 0 Å². The molecule has 0 aliphatic carbocycles. The Morgan fingerprint density at radius 2 is 1.77 bits per heavy atom. The number of nitrogens with zero attached hydrogens (tertiary/aromatic N) is 3. The number of hydrogen-bond acceptors (Lipinski definition) is 6. The molecule has 0 unspecified atom stereocenters. The van der Waals surface area contributed by atoms with Gasteiger partial charge in [0.1, 0.15) is 17.9 Å². The molecule has 0 saturated carbocycles. The number of rotatable bonds is 7. The second-order valence-corrected chi connectivity index (χ2v) is 8.39. The Morgan fingerprint density at radius 3 is 2.42 bits per heavy atom. The lowest BCUT2D eigenvalue weighted by molar-refractivity contribution is -0.0287. The van der Waals surface area contributed by atoms with E-state index in [9.17, 15) is 4.79 Å². The highest BCUT2D eigenvalue weighted by molar-refractivity contribution is 6.11. The number of pyridine rings is 1. The highest BCUT2D eigenvalue weighted by Crippen LogP contribution is 2.17. The third kappa shape index (κ3) is 7.36. The summed E-state index contributed by atoms with van der Waals surface area (Å²) in [6, 6.07) is 15.5. The van der Waals surface area contributed by atoms with Crippen molar-refractivity contribution in [1.82, 2.24) is 9.88 Å². The molecule has 0 radical (unpaired) electrons. The highest BCUT2D eigenvalue weighted by Gasteiger charge is 2.27. The van der Waals surface area contributed by atoms with E-state index in [2.05, 4.69) is 10.1 Å². The van der Waals surface area contributed by atoms with Crippen LogP contribution in [0.3, 0.4) is 0 Å². The van der Waals surface area contributed by atoms with Crippen molar-refractivity contribution in [2.45, 2.75) is 45.3 Å². The number of oxime groups is 1. The van der Waals surface area contributed by atoms with Crippen LogP contribution in [0.1, 0.15) is 44.9 Å². The average molecular weight is 426 g/mol. The summed E-state index contributed by atoms with van der Waals surface area (Å²) >= 11 is 0. The molecule has 1 aliphatic heterocycles. The predicted molar refractivity (Wildman–Crippen MR) is 119 cm³/mol. The van der Waals surface area contributed by atoms with Gasteiger partial charge in [0, 0.05) is 24.8 Å². The molecule has 0 bridgehead atoms. The van der Waals surface area contributed by atoms with Gasteiger partial charge in [0.2, 0.25) is 0 Å². The van der Waals surface area contributed by atoms with Crippen molar-refractivity contribution in [2.75, 3.05) is 26.3 Å². The van der Waals surface area contributed by atoms with Crippen LogP contribution in [0.25, 0.3) is 0 Å². The lowest BCUT2D eigenvalue weighted by atomic mass is 10.1. The minimum atomic E-state index is -0.476. The summed E-state index contributed by atoms with van der Waals surface area (Å²) in [7, 11) is 0. The summed E-state index contributed by atoms with van der Waals surface area (Å²) in [5.74, 6) is 0. The maximum atomic E-state index is 12.1. The van der Waals surface area contributed by atoms with E-state index < -0.39 is 5.60 Å². The van der Waals surface area contributed by atoms with Crippen LogP contribution >= 0.6 is 0 Å². The molecule has 2 heterocycles. The van der Waals surface area contributed by atoms with Gasteiger partial charge < -0.3 is 19.2 Å². The molecule has 2 aromatic rings. The predicted octanol–water partition coefficient (Wildman–Crippen LogP) is 4.27. The molecule has 1 aliphatic rings. The third-order valence-corrected chi connectivity index (χ3v) is 4.73. The van der Waals surface area contributed by atoms with E-state index in [1.165, 1.54) is 0 Å². The molecule has 1 aromatic carbocycles. The molecule has 1 saturated heterocycles. The number of ether oxygens (including phenoxy) is 2. The maximum absolute atomic E-state index is 12.1. The van der Waals surface area contributed by atoms with Crippen LogP contribution in [-0.4, -0.2) is 59.7 Å². The number of piperidine rings is 1. The lowest BCUT2D eigenvalue weighted by Crippen LogP contribution is -2.43. The largest absolute Gasteiger partial charge is 0.444 e. The van der Waals surface area contributed by atoms with Crippen LogP contribution < -0.4 is 0 Å². The molecule has 31 heavy (non-hydrogen) atoms. The van der Waals surface area contributed by atoms with Gasteiger partial charge in [-0.3, -0.25) is 4.98 Å². The van der Waals surface area contributed by atoms with Gasteiger partial charge in [-0.25, -0.2) is 4.79 Å². The van der Waals surface area contributed by atoms with E-state index >= 15 is 0 Å². The molecule has 0 atom stereocenters. The first-order valence-corrected chi connectivity index (χ1v) is 10.7. The van der Waals surface area contributed by atoms with Crippen molar-refractivity contribution in [3.05, 3.63) is 66.0 Å². The third-order valence-electron chi connectivity index (χ3n) is 4.73. The van der Waals surface area contributed by atoms with Gasteiger partial charge in [-0.1, -0.05) is 41.6 Å². The van der Waals surface area contributed by atoms with Crippen molar-refractivity contribution < 1.29 is 19.1 Å². The van der Waals surface area contributed by atoms with E-state index in [1.54, 1.807) is 11.1 Å². The Balaban J connectivity index is 1.44. The van der Waals surface area contributed by atoms with E-state index in [-0.39, 0.29) is 12.2 Å². The molecule has 7 heteroatoms. The first kappa shape index (κ1) is 22.7. The topological polar surface area (TPSA) is 73.2 Å². The van der Waals surface area contributed by atoms with E-state index in [4.69, 9.17) is 14.3 Å². The molecular formula is C24H31N3O4. The Morgan fingerprint density at radius 1 is 1.06 bits per heavy atom. The summed E-state index contributed by atoms with van der Waals surface area (Å²) in [5.41, 5.74) is 1.91. The second-order valence-electron chi connectivity index (χ2n) is 8.39. The number of carbonyl (C=O) groups excluding carboxylic acids is 1. The number of benzene rings is 1. The summed E-state index contributed by atoms with van der Waals surface area (Å²) < 4.78 is 11.3. The maximum Gasteiger partial charge on any atom is 0.410 e. The number of amides is 1. The van der Waals surface area contributed by atoms with Crippen LogP contribution in [0.15, 0.2) is 59.9 Å². The Labute approximate surface area is 184 Å². The number of likely N-dealkylation sites (tertiary alicyclic amines) is 1. The van der Waals surface area contributed by atoms with Gasteiger partial charge in [-0.05, 0) is 45.7 Å². The van der Waals surface area contributed by atoms with Crippen LogP contribution in [0.4, 0.5) is 4.79 Å². The van der Waals surface area contributed by atoms with Gasteiger partial charge in [0.05, 0.1) is 18.4 Å². The van der Waals surface area contributed by atoms with Crippen LogP contribution in [0.2, 0.25) is 0 Å². The van der Waals surface area contributed by atoms with Gasteiger partial charge in [0.15, 0.2) is 0 Å². The quantitative estimate of drug-likeness (QED) is 0.376. The number of hydrogen-bond donors (Lipinski definition) is 0. The monoisotopic (exact) mass is 425 g/mol. The van der Waals surface area contributed by atoms with Gasteiger partial charge in [0.25, 0.3) is 0 Å². The molecule has 0 spiro atoms. The number of carbonyl (C=O) groups is 1. The van der Waals surface area contributed by atoms with Crippen molar-refractivity contribution in [1.29, 1.82) is 0 Å². The highest BCUT2D eigenvalue weighted by atomic mass is 16.6. The molecule has 7 nitrogen and oxygen atoms in total. The van der Waals surface area contributed by atoms with E-state index in [0.717, 1.165) is 24.1 Å². The van der Waals surface area contributed by atoms with E-state index in [0.29, 0.717) is 32.0 Å². The summed E-state index contributed by atoms with van der Waals surface area (Å²) in [6.07, 6.45) is 3.15. The molecule has 1 amide bonds. The molecule has 1 fully saturated rings. The standard InChI is InChI=1S/C24H31N3O4/c1-24(2,3)31-23(28)27-15-12-20(13-16-27)29-17-18-30-26-22(19-9-5-4-6-10-19)21-11-7-8-14-25-21/h4-11,14,20H,12-13,15-18H2,1-3H3/b26-22-. The van der Waals surface area contributed by atoms with Crippen molar-refractivity contribution >= 4 is 11.8 Å². The Hall–Kier alpha value is -2.93. The van der Waals surface area contributed by atoms with Crippen molar-refractivity contribution in [3.8, 4) is 0 Å². The molecule has 1 aromatic heterocycles. The van der Waals surface area contributed by atoms with Crippen LogP contribution in [0.5, 0.6) is 0 Å². The first-order valence-electron chi connectivity index (χ1n) is 10.7. The fourth-order valence-electron chi connectivity index (χ4n) is 3.24. The van der Waals surface area contributed by atoms with Crippen molar-refractivity contribution in [2.24, 2.45) is 5.16 Å². The first-order chi connectivity index (χ1) is 14.9. The SMILES string of the molecule is CC(C)(C)OC(=O)N1CCC(OCCO/N=C(/c2ccccc2)c2ccccn2)CC1. The van der Waals surface area contributed by atoms with Crippen molar-refractivity contribution in [3.63, 3.8) is 0 Å². The Bertz CT molecular complexity index is 801. The lowest BCUT2D eigenvalue weighted by Gasteiger charge is -2.33. The minimum Gasteiger partial charge on any atom is -0.444 e.